The normalized spacial score (nSPS) is 27.1. The molecule has 1 atom stereocenters. The molecule has 1 unspecified atom stereocenters. The summed E-state index contributed by atoms with van der Waals surface area (Å²) in [5.74, 6) is 2.12. The van der Waals surface area contributed by atoms with Gasteiger partial charge >= 0.3 is 0 Å². The fraction of sp³-hybridized carbons (Fsp3) is 0.875. The highest BCUT2D eigenvalue weighted by Gasteiger charge is 2.30. The number of piperazine rings is 1. The molecule has 3 aliphatic rings. The van der Waals surface area contributed by atoms with Crippen molar-refractivity contribution in [3.05, 3.63) is 0 Å². The van der Waals surface area contributed by atoms with Crippen molar-refractivity contribution in [2.24, 2.45) is 0 Å². The van der Waals surface area contributed by atoms with E-state index in [0.29, 0.717) is 12.6 Å². The quantitative estimate of drug-likeness (QED) is 0.768. The van der Waals surface area contributed by atoms with Crippen LogP contribution in [0.2, 0.25) is 0 Å². The highest BCUT2D eigenvalue weighted by atomic mass is 32.2. The van der Waals surface area contributed by atoms with E-state index in [1.54, 1.807) is 11.8 Å². The molecule has 0 aromatic carbocycles. The molecular weight excluding hydrogens is 312 g/mol. The Balaban J connectivity index is 1.36. The van der Waals surface area contributed by atoms with Crippen LogP contribution in [0.5, 0.6) is 0 Å². The van der Waals surface area contributed by atoms with E-state index in [1.165, 1.54) is 19.3 Å². The van der Waals surface area contributed by atoms with E-state index >= 15 is 0 Å². The lowest BCUT2D eigenvalue weighted by Gasteiger charge is -2.35. The lowest BCUT2D eigenvalue weighted by atomic mass is 9.95. The van der Waals surface area contributed by atoms with Crippen molar-refractivity contribution in [2.45, 2.75) is 44.2 Å². The summed E-state index contributed by atoms with van der Waals surface area (Å²) in [5.41, 5.74) is 0. The molecule has 1 aliphatic carbocycles. The summed E-state index contributed by atoms with van der Waals surface area (Å²) in [4.78, 5) is 28.6. The van der Waals surface area contributed by atoms with Crippen LogP contribution in [0.3, 0.4) is 0 Å². The Morgan fingerprint density at radius 3 is 2.48 bits per heavy atom. The van der Waals surface area contributed by atoms with Gasteiger partial charge in [-0.3, -0.25) is 19.8 Å². The van der Waals surface area contributed by atoms with Crippen LogP contribution in [0.15, 0.2) is 0 Å². The maximum absolute atomic E-state index is 12.3. The van der Waals surface area contributed by atoms with Gasteiger partial charge in [0.1, 0.15) is 0 Å². The second kappa shape index (κ2) is 8.35. The first kappa shape index (κ1) is 17.0. The third-order valence-electron chi connectivity index (χ3n) is 5.04. The standard InChI is InChI=1S/C16H28N4O2S/c21-15(18-13-4-2-1-3-5-13)10-19-6-8-20(9-7-19)16(22)14-11-23-12-17-14/h13-14,17H,1-12H2,(H,18,21). The van der Waals surface area contributed by atoms with Crippen LogP contribution in [0, 0.1) is 0 Å². The van der Waals surface area contributed by atoms with Gasteiger partial charge in [0.15, 0.2) is 0 Å². The smallest absolute Gasteiger partial charge is 0.240 e. The van der Waals surface area contributed by atoms with Gasteiger partial charge in [-0.15, -0.1) is 11.8 Å². The molecule has 23 heavy (non-hydrogen) atoms. The third-order valence-corrected chi connectivity index (χ3v) is 5.98. The second-order valence-electron chi connectivity index (χ2n) is 6.78. The Morgan fingerprint density at radius 2 is 1.83 bits per heavy atom. The monoisotopic (exact) mass is 340 g/mol. The highest BCUT2D eigenvalue weighted by molar-refractivity contribution is 7.99. The lowest BCUT2D eigenvalue weighted by Crippen LogP contribution is -2.55. The molecule has 2 aliphatic heterocycles. The SMILES string of the molecule is O=C(CN1CCN(C(=O)C2CSCN2)CC1)NC1CCCCC1. The van der Waals surface area contributed by atoms with Gasteiger partial charge in [0.05, 0.1) is 12.6 Å². The minimum atomic E-state index is -0.0128. The molecule has 0 radical (unpaired) electrons. The molecule has 0 aromatic rings. The molecule has 1 saturated carbocycles. The number of carbonyl (C=O) groups excluding carboxylic acids is 2. The van der Waals surface area contributed by atoms with Crippen LogP contribution in [0.1, 0.15) is 32.1 Å². The summed E-state index contributed by atoms with van der Waals surface area (Å²) in [6.07, 6.45) is 6.02. The number of nitrogens with zero attached hydrogens (tertiary/aromatic N) is 2. The minimum Gasteiger partial charge on any atom is -0.352 e. The van der Waals surface area contributed by atoms with Gasteiger partial charge in [-0.1, -0.05) is 19.3 Å². The molecular formula is C16H28N4O2S. The van der Waals surface area contributed by atoms with Crippen LogP contribution in [-0.2, 0) is 9.59 Å². The summed E-state index contributed by atoms with van der Waals surface area (Å²) >= 11 is 1.78. The Kier molecular flexibility index (Phi) is 6.19. The molecule has 0 aromatic heterocycles. The third kappa shape index (κ3) is 4.84. The van der Waals surface area contributed by atoms with Crippen molar-refractivity contribution in [3.8, 4) is 0 Å². The maximum atomic E-state index is 12.3. The molecule has 3 rings (SSSR count). The first-order valence-corrected chi connectivity index (χ1v) is 9.99. The van der Waals surface area contributed by atoms with Gasteiger partial charge in [0, 0.05) is 43.9 Å². The zero-order valence-electron chi connectivity index (χ0n) is 13.8. The highest BCUT2D eigenvalue weighted by Crippen LogP contribution is 2.17. The molecule has 6 nitrogen and oxygen atoms in total. The van der Waals surface area contributed by atoms with Crippen LogP contribution < -0.4 is 10.6 Å². The molecule has 3 fully saturated rings. The van der Waals surface area contributed by atoms with Crippen molar-refractivity contribution < 1.29 is 9.59 Å². The Morgan fingerprint density at radius 1 is 1.09 bits per heavy atom. The van der Waals surface area contributed by atoms with E-state index in [9.17, 15) is 9.59 Å². The zero-order valence-corrected chi connectivity index (χ0v) is 14.6. The van der Waals surface area contributed by atoms with Crippen molar-refractivity contribution in [1.82, 2.24) is 20.4 Å². The Hall–Kier alpha value is -0.790. The van der Waals surface area contributed by atoms with Crippen molar-refractivity contribution in [2.75, 3.05) is 44.4 Å². The number of hydrogen-bond donors (Lipinski definition) is 2. The summed E-state index contributed by atoms with van der Waals surface area (Å²) in [6, 6.07) is 0.367. The van der Waals surface area contributed by atoms with Crippen LogP contribution in [-0.4, -0.2) is 78.1 Å². The largest absolute Gasteiger partial charge is 0.352 e. The van der Waals surface area contributed by atoms with Gasteiger partial charge in [0.2, 0.25) is 11.8 Å². The first-order valence-electron chi connectivity index (χ1n) is 8.84. The molecule has 7 heteroatoms. The summed E-state index contributed by atoms with van der Waals surface area (Å²) in [6.45, 7) is 3.53. The minimum absolute atomic E-state index is 0.0128. The second-order valence-corrected chi connectivity index (χ2v) is 7.81. The number of amides is 2. The van der Waals surface area contributed by atoms with Gasteiger partial charge < -0.3 is 10.2 Å². The van der Waals surface area contributed by atoms with Gasteiger partial charge in [-0.05, 0) is 12.8 Å². The van der Waals surface area contributed by atoms with E-state index in [4.69, 9.17) is 0 Å². The van der Waals surface area contributed by atoms with E-state index in [0.717, 1.165) is 50.7 Å². The summed E-state index contributed by atoms with van der Waals surface area (Å²) < 4.78 is 0. The van der Waals surface area contributed by atoms with E-state index in [2.05, 4.69) is 15.5 Å². The van der Waals surface area contributed by atoms with Crippen molar-refractivity contribution in [3.63, 3.8) is 0 Å². The molecule has 2 amide bonds. The molecule has 0 spiro atoms. The van der Waals surface area contributed by atoms with Crippen LogP contribution >= 0.6 is 11.8 Å². The zero-order chi connectivity index (χ0) is 16.1. The number of thioether (sulfide) groups is 1. The van der Waals surface area contributed by atoms with E-state index in [1.807, 2.05) is 4.90 Å². The van der Waals surface area contributed by atoms with Crippen LogP contribution in [0.25, 0.3) is 0 Å². The summed E-state index contributed by atoms with van der Waals surface area (Å²) in [5, 5.41) is 6.41. The van der Waals surface area contributed by atoms with Crippen molar-refractivity contribution in [1.29, 1.82) is 0 Å². The lowest BCUT2D eigenvalue weighted by molar-refractivity contribution is -0.134. The van der Waals surface area contributed by atoms with E-state index < -0.39 is 0 Å². The number of nitrogens with one attached hydrogen (secondary N) is 2. The van der Waals surface area contributed by atoms with Gasteiger partial charge in [-0.25, -0.2) is 0 Å². The Bertz CT molecular complexity index is 414. The van der Waals surface area contributed by atoms with Crippen LogP contribution in [0.4, 0.5) is 0 Å². The molecule has 130 valence electrons. The topological polar surface area (TPSA) is 64.7 Å². The predicted molar refractivity (Wildman–Crippen MR) is 92.3 cm³/mol. The first-order chi connectivity index (χ1) is 11.2. The maximum Gasteiger partial charge on any atom is 0.240 e. The number of carbonyl (C=O) groups is 2. The van der Waals surface area contributed by atoms with E-state index in [-0.39, 0.29) is 17.9 Å². The number of hydrogen-bond acceptors (Lipinski definition) is 5. The predicted octanol–water partition coefficient (Wildman–Crippen LogP) is 0.242. The molecule has 2 heterocycles. The number of rotatable bonds is 4. The fourth-order valence-electron chi connectivity index (χ4n) is 3.62. The molecule has 0 bridgehead atoms. The average molecular weight is 340 g/mol. The molecule has 2 saturated heterocycles. The Labute approximate surface area is 142 Å². The van der Waals surface area contributed by atoms with Gasteiger partial charge in [0.25, 0.3) is 0 Å². The van der Waals surface area contributed by atoms with Gasteiger partial charge in [-0.2, -0.15) is 0 Å². The molecule has 2 N–H and O–H groups in total. The average Bonchev–Trinajstić information content (AvgIpc) is 3.10. The fourth-order valence-corrected chi connectivity index (χ4v) is 4.56. The van der Waals surface area contributed by atoms with Crippen molar-refractivity contribution >= 4 is 23.6 Å². The summed E-state index contributed by atoms with van der Waals surface area (Å²) in [7, 11) is 0.